The second-order valence-electron chi connectivity index (χ2n) is 6.20. The molecule has 1 atom stereocenters. The Labute approximate surface area is 151 Å². The third-order valence-electron chi connectivity index (χ3n) is 3.76. The Morgan fingerprint density at radius 2 is 1.88 bits per heavy atom. The number of aryl methyl sites for hydroxylation is 1. The van der Waals surface area contributed by atoms with Crippen molar-refractivity contribution in [3.05, 3.63) is 65.3 Å². The third kappa shape index (κ3) is 4.45. The van der Waals surface area contributed by atoms with E-state index in [9.17, 15) is 17.6 Å². The third-order valence-corrected chi connectivity index (χ3v) is 5.73. The van der Waals surface area contributed by atoms with Crippen molar-refractivity contribution in [1.29, 1.82) is 0 Å². The van der Waals surface area contributed by atoms with Gasteiger partial charge in [0.15, 0.2) is 15.5 Å². The normalized spacial score (nSPS) is 13.5. The van der Waals surface area contributed by atoms with Crippen molar-refractivity contribution in [3.8, 4) is 0 Å². The molecule has 0 spiro atoms. The molecular formula is C18H18FN3O3S. The van der Waals surface area contributed by atoms with Gasteiger partial charge in [-0.15, -0.1) is 0 Å². The van der Waals surface area contributed by atoms with Crippen LogP contribution < -0.4 is 11.1 Å². The minimum absolute atomic E-state index is 0.111. The molecule has 8 heteroatoms. The monoisotopic (exact) mass is 375 g/mol. The van der Waals surface area contributed by atoms with Crippen LogP contribution in [-0.2, 0) is 14.6 Å². The Balaban J connectivity index is 2.18. The molecular weight excluding hydrogens is 357 g/mol. The van der Waals surface area contributed by atoms with E-state index in [4.69, 9.17) is 12.3 Å². The van der Waals surface area contributed by atoms with Crippen molar-refractivity contribution in [3.63, 3.8) is 0 Å². The summed E-state index contributed by atoms with van der Waals surface area (Å²) in [6.45, 7) is 10.1. The van der Waals surface area contributed by atoms with Crippen LogP contribution in [-0.4, -0.2) is 25.6 Å². The number of anilines is 1. The molecule has 3 N–H and O–H groups in total. The number of amides is 1. The van der Waals surface area contributed by atoms with Gasteiger partial charge in [-0.05, 0) is 55.8 Å². The molecule has 0 saturated carbocycles. The van der Waals surface area contributed by atoms with Crippen LogP contribution in [0.4, 0.5) is 15.8 Å². The van der Waals surface area contributed by atoms with Crippen LogP contribution in [0.15, 0.2) is 47.4 Å². The predicted octanol–water partition coefficient (Wildman–Crippen LogP) is 2.81. The Morgan fingerprint density at radius 3 is 2.42 bits per heavy atom. The first-order valence-electron chi connectivity index (χ1n) is 7.62. The molecule has 0 aliphatic carbocycles. The quantitative estimate of drug-likeness (QED) is 0.621. The van der Waals surface area contributed by atoms with Crippen LogP contribution in [0.2, 0.25) is 0 Å². The summed E-state index contributed by atoms with van der Waals surface area (Å²) in [5.74, 6) is -1.88. The van der Waals surface area contributed by atoms with E-state index >= 15 is 0 Å². The average molecular weight is 375 g/mol. The fraction of sp³-hybridized carbons (Fsp3) is 0.222. The van der Waals surface area contributed by atoms with Crippen LogP contribution in [0.3, 0.4) is 0 Å². The Kier molecular flexibility index (Phi) is 5.44. The maximum absolute atomic E-state index is 13.0. The molecule has 0 aliphatic heterocycles. The predicted molar refractivity (Wildman–Crippen MR) is 97.1 cm³/mol. The van der Waals surface area contributed by atoms with Gasteiger partial charge in [0, 0.05) is 5.69 Å². The van der Waals surface area contributed by atoms with Crippen LogP contribution >= 0.6 is 0 Å². The Bertz CT molecular complexity index is 978. The van der Waals surface area contributed by atoms with E-state index in [1.165, 1.54) is 6.92 Å². The maximum Gasteiger partial charge on any atom is 0.245 e. The summed E-state index contributed by atoms with van der Waals surface area (Å²) in [5.41, 5.74) is 5.78. The number of carbonyl (C=O) groups is 1. The van der Waals surface area contributed by atoms with Gasteiger partial charge in [0.05, 0.1) is 17.2 Å². The standard InChI is InChI=1S/C18H18FN3O3S/c1-12-10-14(6-9-16(12)21-3)22-17(23)18(2,20)11-26(24,25)15-7-4-13(19)5-8-15/h4-10H,11,20H2,1-2H3,(H,22,23). The fourth-order valence-electron chi connectivity index (χ4n) is 2.32. The SMILES string of the molecule is [C-]#[N+]c1ccc(NC(=O)C(C)(N)CS(=O)(=O)c2ccc(F)cc2)cc1C. The first kappa shape index (κ1) is 19.6. The van der Waals surface area contributed by atoms with Crippen LogP contribution in [0, 0.1) is 19.3 Å². The van der Waals surface area contributed by atoms with Gasteiger partial charge in [-0.2, -0.15) is 0 Å². The molecule has 0 fully saturated rings. The zero-order chi connectivity index (χ0) is 19.5. The van der Waals surface area contributed by atoms with Gasteiger partial charge in [0.25, 0.3) is 0 Å². The highest BCUT2D eigenvalue weighted by Gasteiger charge is 2.35. The van der Waals surface area contributed by atoms with E-state index in [1.807, 2.05) is 0 Å². The number of hydrogen-bond donors (Lipinski definition) is 2. The summed E-state index contributed by atoms with van der Waals surface area (Å²) >= 11 is 0. The Morgan fingerprint density at radius 1 is 1.27 bits per heavy atom. The van der Waals surface area contributed by atoms with Crippen LogP contribution in [0.5, 0.6) is 0 Å². The molecule has 2 rings (SSSR count). The molecule has 2 aromatic rings. The van der Waals surface area contributed by atoms with Crippen molar-refractivity contribution in [2.24, 2.45) is 5.73 Å². The van der Waals surface area contributed by atoms with Crippen molar-refractivity contribution in [1.82, 2.24) is 0 Å². The zero-order valence-electron chi connectivity index (χ0n) is 14.3. The van der Waals surface area contributed by atoms with Gasteiger partial charge in [0.2, 0.25) is 5.91 Å². The zero-order valence-corrected chi connectivity index (χ0v) is 15.1. The van der Waals surface area contributed by atoms with E-state index in [0.717, 1.165) is 24.3 Å². The molecule has 0 radical (unpaired) electrons. The number of carbonyl (C=O) groups excluding carboxylic acids is 1. The fourth-order valence-corrected chi connectivity index (χ4v) is 3.96. The highest BCUT2D eigenvalue weighted by Crippen LogP contribution is 2.23. The van der Waals surface area contributed by atoms with Gasteiger partial charge in [-0.3, -0.25) is 4.79 Å². The molecule has 0 heterocycles. The molecule has 26 heavy (non-hydrogen) atoms. The lowest BCUT2D eigenvalue weighted by atomic mass is 10.1. The molecule has 6 nitrogen and oxygen atoms in total. The first-order chi connectivity index (χ1) is 12.0. The van der Waals surface area contributed by atoms with Gasteiger partial charge in [-0.1, -0.05) is 6.07 Å². The van der Waals surface area contributed by atoms with E-state index in [2.05, 4.69) is 10.2 Å². The molecule has 2 aromatic carbocycles. The average Bonchev–Trinajstić information content (AvgIpc) is 2.54. The smallest absolute Gasteiger partial charge is 0.245 e. The Hall–Kier alpha value is -2.76. The summed E-state index contributed by atoms with van der Waals surface area (Å²) < 4.78 is 37.8. The van der Waals surface area contributed by atoms with Gasteiger partial charge >= 0.3 is 0 Å². The molecule has 0 bridgehead atoms. The minimum atomic E-state index is -3.88. The van der Waals surface area contributed by atoms with Gasteiger partial charge in [0.1, 0.15) is 11.4 Å². The van der Waals surface area contributed by atoms with Gasteiger partial charge in [-0.25, -0.2) is 17.7 Å². The highest BCUT2D eigenvalue weighted by atomic mass is 32.2. The summed E-state index contributed by atoms with van der Waals surface area (Å²) in [5, 5.41) is 2.57. The number of nitrogens with one attached hydrogen (secondary N) is 1. The van der Waals surface area contributed by atoms with Crippen molar-refractivity contribution < 1.29 is 17.6 Å². The summed E-state index contributed by atoms with van der Waals surface area (Å²) in [4.78, 5) is 15.7. The van der Waals surface area contributed by atoms with Crippen molar-refractivity contribution in [2.45, 2.75) is 24.3 Å². The molecule has 1 unspecified atom stereocenters. The molecule has 1 amide bonds. The second kappa shape index (κ2) is 7.23. The molecule has 136 valence electrons. The van der Waals surface area contributed by atoms with Crippen molar-refractivity contribution in [2.75, 3.05) is 11.1 Å². The second-order valence-corrected chi connectivity index (χ2v) is 8.19. The first-order valence-corrected chi connectivity index (χ1v) is 9.27. The lowest BCUT2D eigenvalue weighted by Crippen LogP contribution is -2.53. The number of nitrogens with zero attached hydrogens (tertiary/aromatic N) is 1. The number of halogens is 1. The molecule has 0 saturated heterocycles. The van der Waals surface area contributed by atoms with Gasteiger partial charge < -0.3 is 11.1 Å². The van der Waals surface area contributed by atoms with Crippen LogP contribution in [0.25, 0.3) is 4.85 Å². The highest BCUT2D eigenvalue weighted by molar-refractivity contribution is 7.91. The number of hydrogen-bond acceptors (Lipinski definition) is 4. The molecule has 0 aromatic heterocycles. The van der Waals surface area contributed by atoms with E-state index < -0.39 is 32.9 Å². The lowest BCUT2D eigenvalue weighted by molar-refractivity contribution is -0.119. The topological polar surface area (TPSA) is 93.6 Å². The summed E-state index contributed by atoms with van der Waals surface area (Å²) in [6.07, 6.45) is 0. The minimum Gasteiger partial charge on any atom is -0.325 e. The van der Waals surface area contributed by atoms with Crippen LogP contribution in [0.1, 0.15) is 12.5 Å². The molecule has 0 aliphatic rings. The van der Waals surface area contributed by atoms with E-state index in [1.54, 1.807) is 25.1 Å². The lowest BCUT2D eigenvalue weighted by Gasteiger charge is -2.23. The summed E-state index contributed by atoms with van der Waals surface area (Å²) in [7, 11) is -3.88. The number of rotatable bonds is 5. The number of benzene rings is 2. The van der Waals surface area contributed by atoms with Crippen molar-refractivity contribution >= 4 is 27.1 Å². The van der Waals surface area contributed by atoms with E-state index in [0.29, 0.717) is 16.9 Å². The van der Waals surface area contributed by atoms with E-state index in [-0.39, 0.29) is 4.90 Å². The number of sulfone groups is 1. The number of nitrogens with two attached hydrogens (primary N) is 1. The largest absolute Gasteiger partial charge is 0.325 e. The summed E-state index contributed by atoms with van der Waals surface area (Å²) in [6, 6.07) is 9.03. The maximum atomic E-state index is 13.0.